The van der Waals surface area contributed by atoms with Crippen LogP contribution < -0.4 is 4.90 Å². The van der Waals surface area contributed by atoms with Gasteiger partial charge in [-0.1, -0.05) is 12.1 Å². The second-order valence-electron chi connectivity index (χ2n) is 9.68. The first-order chi connectivity index (χ1) is 18.6. The maximum Gasteiger partial charge on any atom is 0.170 e. The number of hydrogen-bond acceptors (Lipinski definition) is 9. The Hall–Kier alpha value is -3.73. The Labute approximate surface area is 221 Å². The van der Waals surface area contributed by atoms with Crippen molar-refractivity contribution >= 4 is 22.5 Å². The Kier molecular flexibility index (Phi) is 7.08. The van der Waals surface area contributed by atoms with Crippen LogP contribution in [0, 0.1) is 0 Å². The molecule has 2 aliphatic heterocycles. The number of carbonyl (C=O) groups excluding carboxylic acids is 1. The Morgan fingerprint density at radius 2 is 1.74 bits per heavy atom. The summed E-state index contributed by atoms with van der Waals surface area (Å²) in [5.74, 6) is 1.27. The molecule has 3 aromatic heterocycles. The summed E-state index contributed by atoms with van der Waals surface area (Å²) in [7, 11) is 1.98. The SMILES string of the molecule is Cn1ncc(-c2ccc3cnc(CC(=O)c4ccnc(N5CCOCC5)c4)nc3c2)c1CN1CCOCC1. The van der Waals surface area contributed by atoms with Gasteiger partial charge in [-0.3, -0.25) is 14.4 Å². The number of ether oxygens (including phenoxy) is 2. The first-order valence-electron chi connectivity index (χ1n) is 13.0. The van der Waals surface area contributed by atoms with Gasteiger partial charge in [-0.2, -0.15) is 5.10 Å². The van der Waals surface area contributed by atoms with Crippen molar-refractivity contribution in [2.75, 3.05) is 57.5 Å². The van der Waals surface area contributed by atoms with Gasteiger partial charge in [0, 0.05) is 68.7 Å². The summed E-state index contributed by atoms with van der Waals surface area (Å²) in [6, 6.07) is 9.78. The molecule has 0 saturated carbocycles. The molecule has 0 atom stereocenters. The van der Waals surface area contributed by atoms with Crippen LogP contribution in [0.15, 0.2) is 48.9 Å². The third kappa shape index (κ3) is 5.28. The molecule has 0 unspecified atom stereocenters. The molecular formula is C28H31N7O3. The number of anilines is 1. The molecule has 0 N–H and O–H groups in total. The highest BCUT2D eigenvalue weighted by Crippen LogP contribution is 2.27. The zero-order chi connectivity index (χ0) is 25.9. The number of hydrogen-bond donors (Lipinski definition) is 0. The summed E-state index contributed by atoms with van der Waals surface area (Å²) in [5.41, 5.74) is 4.72. The summed E-state index contributed by atoms with van der Waals surface area (Å²) in [5, 5.41) is 5.47. The van der Waals surface area contributed by atoms with Crippen LogP contribution in [0.2, 0.25) is 0 Å². The van der Waals surface area contributed by atoms with Crippen LogP contribution in [0.5, 0.6) is 0 Å². The van der Waals surface area contributed by atoms with Crippen molar-refractivity contribution in [2.45, 2.75) is 13.0 Å². The minimum atomic E-state index is -0.0301. The Bertz CT molecular complexity index is 1440. The van der Waals surface area contributed by atoms with E-state index in [-0.39, 0.29) is 12.2 Å². The molecule has 2 fully saturated rings. The number of Topliss-reactive ketones (excluding diaryl/α,β-unsaturated/α-hetero) is 1. The summed E-state index contributed by atoms with van der Waals surface area (Å²) in [6.45, 7) is 7.04. The van der Waals surface area contributed by atoms with Crippen molar-refractivity contribution in [2.24, 2.45) is 7.05 Å². The molecule has 10 heteroatoms. The van der Waals surface area contributed by atoms with Gasteiger partial charge in [0.25, 0.3) is 0 Å². The van der Waals surface area contributed by atoms with Crippen LogP contribution in [0.3, 0.4) is 0 Å². The average molecular weight is 514 g/mol. The van der Waals surface area contributed by atoms with E-state index >= 15 is 0 Å². The highest BCUT2D eigenvalue weighted by atomic mass is 16.5. The number of aromatic nitrogens is 5. The average Bonchev–Trinajstić information content (AvgIpc) is 3.33. The molecule has 2 saturated heterocycles. The van der Waals surface area contributed by atoms with Gasteiger partial charge in [0.1, 0.15) is 11.6 Å². The molecule has 5 heterocycles. The molecule has 2 aliphatic rings. The molecule has 4 aromatic rings. The van der Waals surface area contributed by atoms with Gasteiger partial charge in [0.05, 0.1) is 50.3 Å². The number of ketones is 1. The van der Waals surface area contributed by atoms with E-state index in [1.807, 2.05) is 30.1 Å². The van der Waals surface area contributed by atoms with Crippen molar-refractivity contribution < 1.29 is 14.3 Å². The first kappa shape index (κ1) is 24.6. The Balaban J connectivity index is 1.22. The number of benzene rings is 1. The van der Waals surface area contributed by atoms with E-state index in [2.05, 4.69) is 37.0 Å². The number of morpholine rings is 2. The van der Waals surface area contributed by atoms with Gasteiger partial charge in [0.2, 0.25) is 0 Å². The van der Waals surface area contributed by atoms with Crippen LogP contribution in [0.4, 0.5) is 5.82 Å². The zero-order valence-electron chi connectivity index (χ0n) is 21.5. The topological polar surface area (TPSA) is 98.5 Å². The van der Waals surface area contributed by atoms with E-state index in [1.165, 1.54) is 0 Å². The number of rotatable bonds is 7. The largest absolute Gasteiger partial charge is 0.379 e. The van der Waals surface area contributed by atoms with E-state index in [1.54, 1.807) is 18.5 Å². The van der Waals surface area contributed by atoms with E-state index in [4.69, 9.17) is 14.5 Å². The van der Waals surface area contributed by atoms with E-state index in [0.717, 1.165) is 79.5 Å². The first-order valence-corrected chi connectivity index (χ1v) is 13.0. The molecule has 6 rings (SSSR count). The van der Waals surface area contributed by atoms with E-state index in [9.17, 15) is 4.79 Å². The normalized spacial score (nSPS) is 16.7. The molecule has 1 aromatic carbocycles. The second-order valence-corrected chi connectivity index (χ2v) is 9.68. The third-order valence-electron chi connectivity index (χ3n) is 7.20. The smallest absolute Gasteiger partial charge is 0.170 e. The highest BCUT2D eigenvalue weighted by Gasteiger charge is 2.19. The molecule has 0 spiro atoms. The van der Waals surface area contributed by atoms with Crippen molar-refractivity contribution in [1.82, 2.24) is 29.6 Å². The molecule has 196 valence electrons. The Morgan fingerprint density at radius 3 is 2.55 bits per heavy atom. The molecule has 0 aliphatic carbocycles. The standard InChI is InChI=1S/C28H31N7O3/c1-33-25(19-34-6-10-37-11-7-34)23(18-31-33)20-2-3-22-17-30-27(32-24(22)14-20)16-26(36)21-4-5-29-28(15-21)35-8-12-38-13-9-35/h2-5,14-15,17-18H,6-13,16,19H2,1H3. The lowest BCUT2D eigenvalue weighted by molar-refractivity contribution is 0.0332. The van der Waals surface area contributed by atoms with Crippen molar-refractivity contribution in [3.05, 3.63) is 66.0 Å². The summed E-state index contributed by atoms with van der Waals surface area (Å²) in [4.78, 5) is 31.4. The lowest BCUT2D eigenvalue weighted by atomic mass is 10.0. The Morgan fingerprint density at radius 1 is 0.947 bits per heavy atom. The zero-order valence-corrected chi connectivity index (χ0v) is 21.5. The molecule has 0 bridgehead atoms. The maximum atomic E-state index is 13.1. The number of pyridine rings is 1. The lowest BCUT2D eigenvalue weighted by Gasteiger charge is -2.27. The maximum absolute atomic E-state index is 13.1. The van der Waals surface area contributed by atoms with E-state index < -0.39 is 0 Å². The predicted octanol–water partition coefficient (Wildman–Crippen LogP) is 2.52. The quantitative estimate of drug-likeness (QED) is 0.345. The molecule has 10 nitrogen and oxygen atoms in total. The van der Waals surface area contributed by atoms with Crippen LogP contribution in [0.1, 0.15) is 21.9 Å². The fourth-order valence-electron chi connectivity index (χ4n) is 4.98. The number of aryl methyl sites for hydroxylation is 1. The highest BCUT2D eigenvalue weighted by molar-refractivity contribution is 5.98. The third-order valence-corrected chi connectivity index (χ3v) is 7.20. The number of carbonyl (C=O) groups is 1. The van der Waals surface area contributed by atoms with Crippen LogP contribution in [-0.2, 0) is 29.5 Å². The predicted molar refractivity (Wildman–Crippen MR) is 143 cm³/mol. The number of nitrogens with zero attached hydrogens (tertiary/aromatic N) is 7. The van der Waals surface area contributed by atoms with Gasteiger partial charge < -0.3 is 14.4 Å². The van der Waals surface area contributed by atoms with Gasteiger partial charge in [0.15, 0.2) is 5.78 Å². The summed E-state index contributed by atoms with van der Waals surface area (Å²) >= 11 is 0. The summed E-state index contributed by atoms with van der Waals surface area (Å²) in [6.07, 6.45) is 5.52. The number of fused-ring (bicyclic) bond motifs is 1. The van der Waals surface area contributed by atoms with Gasteiger partial charge in [-0.25, -0.2) is 15.0 Å². The van der Waals surface area contributed by atoms with Gasteiger partial charge >= 0.3 is 0 Å². The molecular weight excluding hydrogens is 482 g/mol. The second kappa shape index (κ2) is 10.9. The fraction of sp³-hybridized carbons (Fsp3) is 0.393. The van der Waals surface area contributed by atoms with E-state index in [0.29, 0.717) is 24.6 Å². The van der Waals surface area contributed by atoms with Gasteiger partial charge in [-0.15, -0.1) is 0 Å². The van der Waals surface area contributed by atoms with Crippen molar-refractivity contribution in [3.63, 3.8) is 0 Å². The molecule has 38 heavy (non-hydrogen) atoms. The molecule has 0 radical (unpaired) electrons. The van der Waals surface area contributed by atoms with Crippen molar-refractivity contribution in [1.29, 1.82) is 0 Å². The van der Waals surface area contributed by atoms with Crippen LogP contribution >= 0.6 is 0 Å². The minimum Gasteiger partial charge on any atom is -0.379 e. The fourth-order valence-corrected chi connectivity index (χ4v) is 4.98. The van der Waals surface area contributed by atoms with Crippen LogP contribution in [0.25, 0.3) is 22.0 Å². The monoisotopic (exact) mass is 513 g/mol. The summed E-state index contributed by atoms with van der Waals surface area (Å²) < 4.78 is 12.9. The lowest BCUT2D eigenvalue weighted by Crippen LogP contribution is -2.36. The van der Waals surface area contributed by atoms with Gasteiger partial charge in [-0.05, 0) is 23.8 Å². The molecule has 0 amide bonds. The van der Waals surface area contributed by atoms with Crippen molar-refractivity contribution in [3.8, 4) is 11.1 Å². The minimum absolute atomic E-state index is 0.0301. The van der Waals surface area contributed by atoms with Crippen LogP contribution in [-0.4, -0.2) is 88.0 Å².